The van der Waals surface area contributed by atoms with Gasteiger partial charge >= 0.3 is 5.97 Å². The number of aromatic nitrogens is 1. The van der Waals surface area contributed by atoms with Gasteiger partial charge < -0.3 is 19.4 Å². The van der Waals surface area contributed by atoms with Crippen LogP contribution in [-0.4, -0.2) is 62.1 Å². The van der Waals surface area contributed by atoms with Crippen molar-refractivity contribution in [3.05, 3.63) is 77.6 Å². The summed E-state index contributed by atoms with van der Waals surface area (Å²) in [5, 5.41) is 2.61. The van der Waals surface area contributed by atoms with Gasteiger partial charge in [-0.1, -0.05) is 18.2 Å². The van der Waals surface area contributed by atoms with E-state index in [-0.39, 0.29) is 4.90 Å². The molecule has 1 N–H and O–H groups in total. The summed E-state index contributed by atoms with van der Waals surface area (Å²) in [5.74, 6) is -1.12. The minimum atomic E-state index is -3.62. The lowest BCUT2D eigenvalue weighted by Gasteiger charge is -2.26. The molecule has 2 aromatic carbocycles. The molecule has 3 aromatic rings. The van der Waals surface area contributed by atoms with Crippen LogP contribution in [0, 0.1) is 13.8 Å². The van der Waals surface area contributed by atoms with Gasteiger partial charge in [0.2, 0.25) is 10.0 Å². The van der Waals surface area contributed by atoms with E-state index >= 15 is 0 Å². The minimum Gasteiger partial charge on any atom is -0.452 e. The number of para-hydroxylation sites is 1. The third-order valence-corrected chi connectivity index (χ3v) is 7.66. The molecule has 1 aliphatic rings. The molecule has 1 aliphatic heterocycles. The van der Waals surface area contributed by atoms with E-state index < -0.39 is 28.5 Å². The highest BCUT2D eigenvalue weighted by atomic mass is 32.2. The number of carbonyl (C=O) groups is 2. The fraction of sp³-hybridized carbons (Fsp3) is 0.280. The van der Waals surface area contributed by atoms with E-state index in [2.05, 4.69) is 5.32 Å². The molecule has 35 heavy (non-hydrogen) atoms. The highest BCUT2D eigenvalue weighted by Gasteiger charge is 2.26. The van der Waals surface area contributed by atoms with Crippen LogP contribution in [0.3, 0.4) is 0 Å². The predicted molar refractivity (Wildman–Crippen MR) is 130 cm³/mol. The first-order chi connectivity index (χ1) is 16.8. The summed E-state index contributed by atoms with van der Waals surface area (Å²) in [4.78, 5) is 25.1. The van der Waals surface area contributed by atoms with E-state index in [1.165, 1.54) is 28.6 Å². The van der Waals surface area contributed by atoms with E-state index in [0.29, 0.717) is 37.6 Å². The Morgan fingerprint density at radius 3 is 2.31 bits per heavy atom. The monoisotopic (exact) mass is 497 g/mol. The average molecular weight is 498 g/mol. The van der Waals surface area contributed by atoms with Crippen molar-refractivity contribution in [3.8, 4) is 5.69 Å². The highest BCUT2D eigenvalue weighted by molar-refractivity contribution is 7.89. The first kappa shape index (κ1) is 24.6. The van der Waals surface area contributed by atoms with Crippen molar-refractivity contribution in [2.45, 2.75) is 18.7 Å². The maximum atomic E-state index is 12.7. The second kappa shape index (κ2) is 10.4. The molecule has 0 spiro atoms. The van der Waals surface area contributed by atoms with E-state index in [1.54, 1.807) is 6.07 Å². The van der Waals surface area contributed by atoms with Gasteiger partial charge in [0, 0.05) is 35.9 Å². The van der Waals surface area contributed by atoms with Crippen molar-refractivity contribution >= 4 is 27.6 Å². The largest absolute Gasteiger partial charge is 0.452 e. The van der Waals surface area contributed by atoms with Crippen molar-refractivity contribution in [3.63, 3.8) is 0 Å². The molecular weight excluding hydrogens is 470 g/mol. The second-order valence-corrected chi connectivity index (χ2v) is 10.1. The molecule has 1 fully saturated rings. The van der Waals surface area contributed by atoms with Crippen molar-refractivity contribution in [2.24, 2.45) is 0 Å². The predicted octanol–water partition coefficient (Wildman–Crippen LogP) is 2.91. The topological polar surface area (TPSA) is 107 Å². The van der Waals surface area contributed by atoms with Crippen molar-refractivity contribution in [2.75, 3.05) is 38.2 Å². The van der Waals surface area contributed by atoms with E-state index in [1.807, 2.05) is 48.7 Å². The lowest BCUT2D eigenvalue weighted by atomic mass is 10.2. The molecule has 4 rings (SSSR count). The third-order valence-electron chi connectivity index (χ3n) is 5.75. The molecule has 2 heterocycles. The van der Waals surface area contributed by atoms with E-state index in [9.17, 15) is 18.0 Å². The smallest absolute Gasteiger partial charge is 0.340 e. The molecular formula is C25H27N3O6S. The quantitative estimate of drug-likeness (QED) is 0.503. The number of anilines is 1. The van der Waals surface area contributed by atoms with Crippen molar-refractivity contribution < 1.29 is 27.5 Å². The van der Waals surface area contributed by atoms with E-state index in [0.717, 1.165) is 17.1 Å². The van der Waals surface area contributed by atoms with Gasteiger partial charge in [0.25, 0.3) is 5.91 Å². The normalized spacial score (nSPS) is 14.5. The second-order valence-electron chi connectivity index (χ2n) is 8.12. The summed E-state index contributed by atoms with van der Waals surface area (Å²) in [6.07, 6.45) is 0. The third kappa shape index (κ3) is 5.45. The standard InChI is InChI=1S/C25H27N3O6S/c1-18-16-23(19(2)28(18)21-6-4-3-5-7-21)25(30)34-17-24(29)26-20-8-10-22(11-9-20)35(31,32)27-12-14-33-15-13-27/h3-11,16H,12-15,17H2,1-2H3,(H,26,29). The van der Waals surface area contributed by atoms with Gasteiger partial charge in [-0.25, -0.2) is 13.2 Å². The molecule has 0 atom stereocenters. The lowest BCUT2D eigenvalue weighted by molar-refractivity contribution is -0.119. The van der Waals surface area contributed by atoms with Gasteiger partial charge in [0.1, 0.15) is 0 Å². The van der Waals surface area contributed by atoms with Crippen LogP contribution in [0.25, 0.3) is 5.69 Å². The number of hydrogen-bond acceptors (Lipinski definition) is 6. The average Bonchev–Trinajstić information content (AvgIpc) is 3.17. The number of carbonyl (C=O) groups excluding carboxylic acids is 2. The van der Waals surface area contributed by atoms with E-state index in [4.69, 9.17) is 9.47 Å². The summed E-state index contributed by atoms with van der Waals surface area (Å²) < 4.78 is 39.2. The highest BCUT2D eigenvalue weighted by Crippen LogP contribution is 2.22. The number of benzene rings is 2. The molecule has 0 unspecified atom stereocenters. The number of sulfonamides is 1. The Balaban J connectivity index is 1.35. The van der Waals surface area contributed by atoms with Crippen molar-refractivity contribution in [1.82, 2.24) is 8.87 Å². The summed E-state index contributed by atoms with van der Waals surface area (Å²) in [6, 6.07) is 17.2. The van der Waals surface area contributed by atoms with Gasteiger partial charge in [0.15, 0.2) is 6.61 Å². The Bertz CT molecular complexity index is 1310. The number of morpholine rings is 1. The summed E-state index contributed by atoms with van der Waals surface area (Å²) in [6.45, 7) is 4.58. The van der Waals surface area contributed by atoms with Crippen LogP contribution in [0.1, 0.15) is 21.7 Å². The van der Waals surface area contributed by atoms with Gasteiger partial charge in [-0.05, 0) is 56.3 Å². The molecule has 9 nitrogen and oxygen atoms in total. The number of ether oxygens (including phenoxy) is 2. The van der Waals surface area contributed by atoms with Crippen molar-refractivity contribution in [1.29, 1.82) is 0 Å². The summed E-state index contributed by atoms with van der Waals surface area (Å²) in [7, 11) is -3.62. The van der Waals surface area contributed by atoms with Gasteiger partial charge in [-0.3, -0.25) is 4.79 Å². The Kier molecular flexibility index (Phi) is 7.34. The molecule has 1 aromatic heterocycles. The fourth-order valence-electron chi connectivity index (χ4n) is 4.00. The Labute approximate surface area is 204 Å². The Morgan fingerprint density at radius 1 is 1.00 bits per heavy atom. The van der Waals surface area contributed by atoms with Crippen LogP contribution >= 0.6 is 0 Å². The number of rotatable bonds is 7. The zero-order chi connectivity index (χ0) is 25.0. The first-order valence-electron chi connectivity index (χ1n) is 11.2. The Hall–Kier alpha value is -3.47. The SMILES string of the molecule is Cc1cc(C(=O)OCC(=O)Nc2ccc(S(=O)(=O)N3CCOCC3)cc2)c(C)n1-c1ccccc1. The zero-order valence-electron chi connectivity index (χ0n) is 19.6. The van der Waals surface area contributed by atoms with Crippen LogP contribution in [0.2, 0.25) is 0 Å². The number of amides is 1. The number of aryl methyl sites for hydroxylation is 1. The zero-order valence-corrected chi connectivity index (χ0v) is 20.4. The molecule has 10 heteroatoms. The Morgan fingerprint density at radius 2 is 1.66 bits per heavy atom. The van der Waals surface area contributed by atoms with Crippen LogP contribution in [0.15, 0.2) is 65.6 Å². The number of hydrogen-bond donors (Lipinski definition) is 1. The molecule has 1 amide bonds. The van der Waals surface area contributed by atoms with Crippen LogP contribution in [0.5, 0.6) is 0 Å². The van der Waals surface area contributed by atoms with Crippen LogP contribution < -0.4 is 5.32 Å². The maximum Gasteiger partial charge on any atom is 0.340 e. The van der Waals surface area contributed by atoms with Gasteiger partial charge in [-0.15, -0.1) is 0 Å². The molecule has 0 aliphatic carbocycles. The molecule has 1 saturated heterocycles. The van der Waals surface area contributed by atoms with Crippen LogP contribution in [-0.2, 0) is 24.3 Å². The van der Waals surface area contributed by atoms with Gasteiger partial charge in [-0.2, -0.15) is 4.31 Å². The van der Waals surface area contributed by atoms with Gasteiger partial charge in [0.05, 0.1) is 23.7 Å². The van der Waals surface area contributed by atoms with Crippen LogP contribution in [0.4, 0.5) is 5.69 Å². The molecule has 0 saturated carbocycles. The molecule has 0 bridgehead atoms. The summed E-state index contributed by atoms with van der Waals surface area (Å²) >= 11 is 0. The number of nitrogens with zero attached hydrogens (tertiary/aromatic N) is 2. The fourth-order valence-corrected chi connectivity index (χ4v) is 5.40. The lowest BCUT2D eigenvalue weighted by Crippen LogP contribution is -2.40. The molecule has 184 valence electrons. The summed E-state index contributed by atoms with van der Waals surface area (Å²) in [5.41, 5.74) is 3.30. The maximum absolute atomic E-state index is 12.7. The number of nitrogens with one attached hydrogen (secondary N) is 1. The first-order valence-corrected chi connectivity index (χ1v) is 12.6. The number of esters is 1. The molecule has 0 radical (unpaired) electrons. The minimum absolute atomic E-state index is 0.137.